The van der Waals surface area contributed by atoms with Crippen LogP contribution in [0.5, 0.6) is 0 Å². The number of terminal acetylenes is 1. The molecule has 30 heavy (non-hydrogen) atoms. The Morgan fingerprint density at radius 1 is 1.07 bits per heavy atom. The molecule has 0 radical (unpaired) electrons. The van der Waals surface area contributed by atoms with Crippen LogP contribution in [0.2, 0.25) is 0 Å². The zero-order valence-corrected chi connectivity index (χ0v) is 16.6. The number of carbonyl (C=O) groups is 3. The molecular formula is C24H19N3O3. The van der Waals surface area contributed by atoms with Crippen LogP contribution < -0.4 is 10.2 Å². The van der Waals surface area contributed by atoms with Crippen molar-refractivity contribution >= 4 is 40.5 Å². The largest absolute Gasteiger partial charge is 0.335 e. The van der Waals surface area contributed by atoms with Crippen molar-refractivity contribution < 1.29 is 14.4 Å². The molecular weight excluding hydrogens is 378 g/mol. The van der Waals surface area contributed by atoms with E-state index in [0.29, 0.717) is 17.8 Å². The minimum atomic E-state index is -0.762. The molecule has 0 bridgehead atoms. The van der Waals surface area contributed by atoms with E-state index in [1.54, 1.807) is 18.3 Å². The Morgan fingerprint density at radius 2 is 1.77 bits per heavy atom. The highest BCUT2D eigenvalue weighted by atomic mass is 16.2. The third-order valence-electron chi connectivity index (χ3n) is 4.95. The molecule has 1 saturated heterocycles. The molecule has 4 amide bonds. The van der Waals surface area contributed by atoms with Crippen molar-refractivity contribution in [1.82, 2.24) is 9.88 Å². The van der Waals surface area contributed by atoms with Crippen LogP contribution in [-0.2, 0) is 16.1 Å². The number of hydrogen-bond donors (Lipinski definition) is 1. The lowest BCUT2D eigenvalue weighted by molar-refractivity contribution is -0.122. The number of anilines is 1. The Kier molecular flexibility index (Phi) is 4.72. The van der Waals surface area contributed by atoms with Gasteiger partial charge in [0.25, 0.3) is 11.8 Å². The summed E-state index contributed by atoms with van der Waals surface area (Å²) in [7, 11) is 0. The number of benzene rings is 2. The second kappa shape index (κ2) is 7.37. The second-order valence-corrected chi connectivity index (χ2v) is 7.24. The standard InChI is InChI=1S/C24H19N3O3/c1-4-9-26-14-17(19-7-5-6-8-21(19)26)13-20-22(28)25-24(30)27(23(20)29)18-11-15(2)10-16(3)12-18/h1,5-8,10-14H,9H2,2-3H3,(H,25,28,30)/b20-13-. The number of hydrogen-bond acceptors (Lipinski definition) is 3. The average Bonchev–Trinajstić information content (AvgIpc) is 3.02. The summed E-state index contributed by atoms with van der Waals surface area (Å²) in [6.07, 6.45) is 8.77. The van der Waals surface area contributed by atoms with E-state index in [1.165, 1.54) is 6.08 Å². The summed E-state index contributed by atoms with van der Waals surface area (Å²) in [5.74, 6) is 1.21. The van der Waals surface area contributed by atoms with Gasteiger partial charge in [-0.05, 0) is 49.2 Å². The van der Waals surface area contributed by atoms with E-state index >= 15 is 0 Å². The number of aromatic nitrogens is 1. The molecule has 6 heteroatoms. The Hall–Kier alpha value is -4.11. The number of nitrogens with zero attached hydrogens (tertiary/aromatic N) is 2. The number of aryl methyl sites for hydroxylation is 2. The van der Waals surface area contributed by atoms with E-state index in [-0.39, 0.29) is 5.57 Å². The first-order chi connectivity index (χ1) is 14.4. The van der Waals surface area contributed by atoms with Crippen molar-refractivity contribution in [2.45, 2.75) is 20.4 Å². The van der Waals surface area contributed by atoms with Crippen LogP contribution in [0.1, 0.15) is 16.7 Å². The lowest BCUT2D eigenvalue weighted by Gasteiger charge is -2.26. The molecule has 2 heterocycles. The lowest BCUT2D eigenvalue weighted by atomic mass is 10.0. The first-order valence-electron chi connectivity index (χ1n) is 9.40. The summed E-state index contributed by atoms with van der Waals surface area (Å²) in [6, 6.07) is 12.2. The van der Waals surface area contributed by atoms with Crippen LogP contribution in [0, 0.1) is 26.2 Å². The maximum Gasteiger partial charge on any atom is 0.335 e. The van der Waals surface area contributed by atoms with Crippen LogP contribution >= 0.6 is 0 Å². The highest BCUT2D eigenvalue weighted by Crippen LogP contribution is 2.27. The van der Waals surface area contributed by atoms with Gasteiger partial charge in [-0.15, -0.1) is 6.42 Å². The van der Waals surface area contributed by atoms with Gasteiger partial charge in [-0.2, -0.15) is 0 Å². The molecule has 1 aromatic heterocycles. The molecule has 2 aromatic carbocycles. The molecule has 6 nitrogen and oxygen atoms in total. The zero-order valence-electron chi connectivity index (χ0n) is 16.6. The quantitative estimate of drug-likeness (QED) is 0.417. The van der Waals surface area contributed by atoms with Crippen LogP contribution in [0.3, 0.4) is 0 Å². The molecule has 0 unspecified atom stereocenters. The van der Waals surface area contributed by atoms with Gasteiger partial charge in [0.2, 0.25) is 0 Å². The number of imide groups is 2. The van der Waals surface area contributed by atoms with Gasteiger partial charge in [0.1, 0.15) is 5.57 Å². The van der Waals surface area contributed by atoms with Crippen molar-refractivity contribution in [3.8, 4) is 12.3 Å². The van der Waals surface area contributed by atoms with Gasteiger partial charge in [0, 0.05) is 22.7 Å². The summed E-state index contributed by atoms with van der Waals surface area (Å²) in [4.78, 5) is 39.1. The van der Waals surface area contributed by atoms with Crippen molar-refractivity contribution in [1.29, 1.82) is 0 Å². The topological polar surface area (TPSA) is 71.4 Å². The molecule has 148 valence electrons. The third-order valence-corrected chi connectivity index (χ3v) is 4.95. The van der Waals surface area contributed by atoms with E-state index < -0.39 is 17.8 Å². The van der Waals surface area contributed by atoms with Crippen LogP contribution in [0.4, 0.5) is 10.5 Å². The summed E-state index contributed by atoms with van der Waals surface area (Å²) in [6.45, 7) is 4.12. The highest BCUT2D eigenvalue weighted by Gasteiger charge is 2.37. The smallest absolute Gasteiger partial charge is 0.335 e. The molecule has 4 rings (SSSR count). The molecule has 0 aliphatic carbocycles. The van der Waals surface area contributed by atoms with Crippen molar-refractivity contribution in [3.63, 3.8) is 0 Å². The van der Waals surface area contributed by atoms with E-state index in [4.69, 9.17) is 6.42 Å². The number of rotatable bonds is 3. The maximum atomic E-state index is 13.2. The lowest BCUT2D eigenvalue weighted by Crippen LogP contribution is -2.54. The predicted octanol–water partition coefficient (Wildman–Crippen LogP) is 3.56. The molecule has 0 spiro atoms. The molecule has 1 N–H and O–H groups in total. The fourth-order valence-corrected chi connectivity index (χ4v) is 3.75. The minimum absolute atomic E-state index is 0.114. The van der Waals surface area contributed by atoms with Gasteiger partial charge in [0.05, 0.1) is 12.2 Å². The van der Waals surface area contributed by atoms with E-state index in [2.05, 4.69) is 11.2 Å². The third kappa shape index (κ3) is 3.27. The number of carbonyl (C=O) groups excluding carboxylic acids is 3. The normalized spacial score (nSPS) is 15.6. The molecule has 0 atom stereocenters. The number of nitrogens with one attached hydrogen (secondary N) is 1. The van der Waals surface area contributed by atoms with Crippen LogP contribution in [0.15, 0.2) is 54.2 Å². The zero-order chi connectivity index (χ0) is 21.4. The first kappa shape index (κ1) is 19.2. The Balaban J connectivity index is 1.82. The minimum Gasteiger partial charge on any atom is -0.335 e. The van der Waals surface area contributed by atoms with Crippen molar-refractivity contribution in [3.05, 3.63) is 70.9 Å². The predicted molar refractivity (Wildman–Crippen MR) is 116 cm³/mol. The monoisotopic (exact) mass is 397 g/mol. The molecule has 1 aliphatic rings. The average molecular weight is 397 g/mol. The van der Waals surface area contributed by atoms with Gasteiger partial charge < -0.3 is 4.57 Å². The van der Waals surface area contributed by atoms with E-state index in [0.717, 1.165) is 26.9 Å². The molecule has 0 saturated carbocycles. The number of barbiturate groups is 1. The van der Waals surface area contributed by atoms with Gasteiger partial charge >= 0.3 is 6.03 Å². The summed E-state index contributed by atoms with van der Waals surface area (Å²) < 4.78 is 1.87. The summed E-state index contributed by atoms with van der Waals surface area (Å²) in [5, 5.41) is 3.12. The van der Waals surface area contributed by atoms with Gasteiger partial charge in [-0.3, -0.25) is 14.9 Å². The second-order valence-electron chi connectivity index (χ2n) is 7.24. The van der Waals surface area contributed by atoms with Gasteiger partial charge in [-0.25, -0.2) is 9.69 Å². The Bertz CT molecular complexity index is 1270. The van der Waals surface area contributed by atoms with Crippen molar-refractivity contribution in [2.24, 2.45) is 0 Å². The fourth-order valence-electron chi connectivity index (χ4n) is 3.75. The molecule has 1 fully saturated rings. The van der Waals surface area contributed by atoms with Gasteiger partial charge in [0.15, 0.2) is 0 Å². The number of para-hydroxylation sites is 1. The van der Waals surface area contributed by atoms with Crippen LogP contribution in [0.25, 0.3) is 17.0 Å². The van der Waals surface area contributed by atoms with Crippen LogP contribution in [-0.4, -0.2) is 22.4 Å². The number of amides is 4. The highest BCUT2D eigenvalue weighted by molar-refractivity contribution is 6.39. The fraction of sp³-hybridized carbons (Fsp3) is 0.125. The summed E-state index contributed by atoms with van der Waals surface area (Å²) >= 11 is 0. The number of urea groups is 1. The van der Waals surface area contributed by atoms with Gasteiger partial charge in [-0.1, -0.05) is 30.2 Å². The maximum absolute atomic E-state index is 13.2. The Labute approximate surface area is 173 Å². The van der Waals surface area contributed by atoms with E-state index in [1.807, 2.05) is 48.7 Å². The SMILES string of the molecule is C#CCn1cc(/C=C2/C(=O)NC(=O)N(c3cc(C)cc(C)c3)C2=O)c2ccccc21. The Morgan fingerprint density at radius 3 is 2.47 bits per heavy atom. The summed E-state index contributed by atoms with van der Waals surface area (Å²) in [5.41, 5.74) is 3.69. The van der Waals surface area contributed by atoms with Crippen molar-refractivity contribution in [2.75, 3.05) is 4.90 Å². The molecule has 1 aliphatic heterocycles. The molecule has 3 aromatic rings. The first-order valence-corrected chi connectivity index (χ1v) is 9.40. The number of fused-ring (bicyclic) bond motifs is 1. The van der Waals surface area contributed by atoms with E-state index in [9.17, 15) is 14.4 Å².